The molecule has 2 unspecified atom stereocenters. The van der Waals surface area contributed by atoms with Crippen LogP contribution in [0.4, 0.5) is 5.95 Å². The molecule has 0 saturated heterocycles. The highest BCUT2D eigenvalue weighted by Crippen LogP contribution is 2.23. The first-order valence-electron chi connectivity index (χ1n) is 8.97. The van der Waals surface area contributed by atoms with Crippen LogP contribution < -0.4 is 10.6 Å². The topological polar surface area (TPSA) is 97.6 Å². The molecule has 0 aromatic carbocycles. The maximum Gasteiger partial charge on any atom is 0.269 e. The molecule has 138 valence electrons. The summed E-state index contributed by atoms with van der Waals surface area (Å²) in [5, 5.41) is 6.47. The van der Waals surface area contributed by atoms with Gasteiger partial charge in [-0.2, -0.15) is 0 Å². The highest BCUT2D eigenvalue weighted by Gasteiger charge is 2.27. The van der Waals surface area contributed by atoms with Crippen molar-refractivity contribution in [2.24, 2.45) is 7.05 Å². The van der Waals surface area contributed by atoms with Crippen LogP contribution in [0.5, 0.6) is 0 Å². The number of aromatic nitrogens is 5. The van der Waals surface area contributed by atoms with E-state index in [4.69, 9.17) is 0 Å². The van der Waals surface area contributed by atoms with Gasteiger partial charge in [0, 0.05) is 31.5 Å². The van der Waals surface area contributed by atoms with Crippen molar-refractivity contribution in [3.8, 4) is 11.4 Å². The van der Waals surface area contributed by atoms with E-state index in [1.807, 2.05) is 31.3 Å². The van der Waals surface area contributed by atoms with E-state index in [1.165, 1.54) is 0 Å². The molecule has 0 radical (unpaired) electrons. The van der Waals surface area contributed by atoms with Crippen LogP contribution in [0.1, 0.15) is 29.8 Å². The van der Waals surface area contributed by atoms with Crippen molar-refractivity contribution >= 4 is 11.9 Å². The lowest BCUT2D eigenvalue weighted by Gasteiger charge is -2.15. The van der Waals surface area contributed by atoms with Gasteiger partial charge in [0.2, 0.25) is 5.95 Å². The predicted molar refractivity (Wildman–Crippen MR) is 101 cm³/mol. The lowest BCUT2D eigenvalue weighted by atomic mass is 10.2. The van der Waals surface area contributed by atoms with Crippen LogP contribution in [0.25, 0.3) is 11.4 Å². The van der Waals surface area contributed by atoms with E-state index in [0.717, 1.165) is 30.7 Å². The fourth-order valence-corrected chi connectivity index (χ4v) is 3.35. The van der Waals surface area contributed by atoms with Crippen LogP contribution >= 0.6 is 0 Å². The maximum absolute atomic E-state index is 12.3. The number of nitrogens with zero attached hydrogens (tertiary/aromatic N) is 5. The number of carbonyl (C=O) groups is 1. The lowest BCUT2D eigenvalue weighted by molar-refractivity contribution is 0.0929. The van der Waals surface area contributed by atoms with Crippen LogP contribution in [-0.2, 0) is 7.05 Å². The molecule has 8 heteroatoms. The minimum atomic E-state index is -0.0888. The Balaban J connectivity index is 1.36. The first kappa shape index (κ1) is 17.1. The first-order chi connectivity index (χ1) is 13.2. The second-order valence-corrected chi connectivity index (χ2v) is 6.69. The van der Waals surface area contributed by atoms with Crippen LogP contribution in [0.3, 0.4) is 0 Å². The second-order valence-electron chi connectivity index (χ2n) is 6.69. The third kappa shape index (κ3) is 3.94. The second kappa shape index (κ2) is 7.53. The molecule has 1 amide bonds. The van der Waals surface area contributed by atoms with Crippen molar-refractivity contribution in [2.75, 3.05) is 5.32 Å². The summed E-state index contributed by atoms with van der Waals surface area (Å²) in [4.78, 5) is 29.5. The molecular formula is C19H21N7O. The molecule has 3 aromatic rings. The van der Waals surface area contributed by atoms with Crippen LogP contribution in [0.2, 0.25) is 0 Å². The van der Waals surface area contributed by atoms with Gasteiger partial charge < -0.3 is 15.2 Å². The molecule has 3 heterocycles. The van der Waals surface area contributed by atoms with Gasteiger partial charge in [-0.25, -0.2) is 15.0 Å². The molecule has 1 saturated carbocycles. The summed E-state index contributed by atoms with van der Waals surface area (Å²) in [6.07, 6.45) is 9.39. The Hall–Kier alpha value is -3.29. The van der Waals surface area contributed by atoms with E-state index in [1.54, 1.807) is 29.5 Å². The van der Waals surface area contributed by atoms with Gasteiger partial charge in [-0.15, -0.1) is 0 Å². The molecule has 1 aliphatic rings. The van der Waals surface area contributed by atoms with Crippen LogP contribution in [0, 0.1) is 0 Å². The van der Waals surface area contributed by atoms with E-state index in [2.05, 4.69) is 30.6 Å². The van der Waals surface area contributed by atoms with Gasteiger partial charge in [-0.3, -0.25) is 9.78 Å². The fourth-order valence-electron chi connectivity index (χ4n) is 3.35. The van der Waals surface area contributed by atoms with E-state index < -0.39 is 0 Å². The summed E-state index contributed by atoms with van der Waals surface area (Å²) in [6.45, 7) is 0. The highest BCUT2D eigenvalue weighted by atomic mass is 16.2. The third-order valence-electron chi connectivity index (χ3n) is 4.73. The summed E-state index contributed by atoms with van der Waals surface area (Å²) in [6, 6.07) is 7.93. The zero-order chi connectivity index (χ0) is 18.6. The van der Waals surface area contributed by atoms with Gasteiger partial charge in [0.25, 0.3) is 5.91 Å². The van der Waals surface area contributed by atoms with Gasteiger partial charge in [-0.1, -0.05) is 6.07 Å². The molecule has 0 spiro atoms. The number of rotatable bonds is 5. The molecule has 3 aromatic heterocycles. The number of pyridine rings is 1. The lowest BCUT2D eigenvalue weighted by Crippen LogP contribution is -2.34. The van der Waals surface area contributed by atoms with Gasteiger partial charge in [0.15, 0.2) is 0 Å². The molecule has 8 nitrogen and oxygen atoms in total. The first-order valence-corrected chi connectivity index (χ1v) is 8.97. The number of carbonyl (C=O) groups excluding carboxylic acids is 1. The summed E-state index contributed by atoms with van der Waals surface area (Å²) in [5.74, 6) is 0.496. The molecule has 0 aliphatic heterocycles. The quantitative estimate of drug-likeness (QED) is 0.720. The number of imidazole rings is 1. The Bertz CT molecular complexity index is 925. The van der Waals surface area contributed by atoms with Gasteiger partial charge in [0.1, 0.15) is 5.69 Å². The molecule has 27 heavy (non-hydrogen) atoms. The van der Waals surface area contributed by atoms with Crippen LogP contribution in [0.15, 0.2) is 49.2 Å². The molecule has 2 atom stereocenters. The average molecular weight is 363 g/mol. The van der Waals surface area contributed by atoms with Crippen molar-refractivity contribution in [1.82, 2.24) is 29.8 Å². The van der Waals surface area contributed by atoms with Crippen molar-refractivity contribution in [1.29, 1.82) is 0 Å². The number of aryl methyl sites for hydroxylation is 1. The normalized spacial score (nSPS) is 19.0. The minimum absolute atomic E-state index is 0.0888. The highest BCUT2D eigenvalue weighted by molar-refractivity contribution is 5.92. The summed E-state index contributed by atoms with van der Waals surface area (Å²) >= 11 is 0. The Morgan fingerprint density at radius 3 is 2.78 bits per heavy atom. The number of hydrogen-bond donors (Lipinski definition) is 2. The molecule has 4 rings (SSSR count). The standard InChI is InChI=1S/C19H21N7O/c1-26-12-20-11-17(26)18(27)23-13-5-6-14(10-13)24-19-22-9-7-16(25-19)15-4-2-3-8-21-15/h2-4,7-9,11-14H,5-6,10H2,1H3,(H,23,27)(H,22,24,25). The Morgan fingerprint density at radius 2 is 2.00 bits per heavy atom. The zero-order valence-electron chi connectivity index (χ0n) is 15.0. The molecule has 2 N–H and O–H groups in total. The van der Waals surface area contributed by atoms with Crippen molar-refractivity contribution < 1.29 is 4.79 Å². The fraction of sp³-hybridized carbons (Fsp3) is 0.316. The van der Waals surface area contributed by atoms with Gasteiger partial charge in [-0.05, 0) is 37.5 Å². The third-order valence-corrected chi connectivity index (χ3v) is 4.73. The number of nitrogens with one attached hydrogen (secondary N) is 2. The largest absolute Gasteiger partial charge is 0.351 e. The van der Waals surface area contributed by atoms with Gasteiger partial charge in [0.05, 0.1) is 23.9 Å². The van der Waals surface area contributed by atoms with Gasteiger partial charge >= 0.3 is 0 Å². The maximum atomic E-state index is 12.3. The Labute approximate surface area is 157 Å². The summed E-state index contributed by atoms with van der Waals surface area (Å²) in [7, 11) is 1.81. The van der Waals surface area contributed by atoms with Crippen molar-refractivity contribution in [3.05, 3.63) is 54.9 Å². The summed E-state index contributed by atoms with van der Waals surface area (Å²) in [5.41, 5.74) is 2.17. The van der Waals surface area contributed by atoms with Crippen LogP contribution in [-0.4, -0.2) is 42.5 Å². The molecule has 0 bridgehead atoms. The zero-order valence-corrected chi connectivity index (χ0v) is 15.0. The number of hydrogen-bond acceptors (Lipinski definition) is 6. The summed E-state index contributed by atoms with van der Waals surface area (Å²) < 4.78 is 1.72. The minimum Gasteiger partial charge on any atom is -0.351 e. The van der Waals surface area contributed by atoms with E-state index in [-0.39, 0.29) is 18.0 Å². The molecule has 1 aliphatic carbocycles. The van der Waals surface area contributed by atoms with E-state index in [0.29, 0.717) is 11.6 Å². The van der Waals surface area contributed by atoms with Crippen molar-refractivity contribution in [2.45, 2.75) is 31.3 Å². The monoisotopic (exact) mass is 363 g/mol. The molecule has 1 fully saturated rings. The SMILES string of the molecule is Cn1cncc1C(=O)NC1CCC(Nc2nccc(-c3ccccn3)n2)C1. The number of amides is 1. The average Bonchev–Trinajstić information content (AvgIpc) is 3.31. The van der Waals surface area contributed by atoms with Crippen molar-refractivity contribution in [3.63, 3.8) is 0 Å². The number of anilines is 1. The van der Waals surface area contributed by atoms with E-state index in [9.17, 15) is 4.79 Å². The Kier molecular flexibility index (Phi) is 4.78. The van der Waals surface area contributed by atoms with E-state index >= 15 is 0 Å². The molecular weight excluding hydrogens is 342 g/mol. The Morgan fingerprint density at radius 1 is 1.11 bits per heavy atom. The smallest absolute Gasteiger partial charge is 0.269 e. The predicted octanol–water partition coefficient (Wildman–Crippen LogP) is 2.04.